The van der Waals surface area contributed by atoms with Gasteiger partial charge in [-0.25, -0.2) is 13.2 Å². The first kappa shape index (κ1) is 44.6. The van der Waals surface area contributed by atoms with Crippen LogP contribution in [0.3, 0.4) is 0 Å². The van der Waals surface area contributed by atoms with Crippen molar-refractivity contribution in [3.8, 4) is 0 Å². The van der Waals surface area contributed by atoms with E-state index in [1.54, 1.807) is 9.80 Å². The molecule has 59 heavy (non-hydrogen) atoms. The number of urea groups is 1. The van der Waals surface area contributed by atoms with Gasteiger partial charge in [-0.3, -0.25) is 14.4 Å². The van der Waals surface area contributed by atoms with Crippen molar-refractivity contribution < 1.29 is 42.8 Å². The van der Waals surface area contributed by atoms with E-state index in [1.807, 2.05) is 34.6 Å². The Bertz CT molecular complexity index is 1710. The van der Waals surface area contributed by atoms with Crippen LogP contribution in [0.4, 0.5) is 4.79 Å². The highest BCUT2D eigenvalue weighted by Crippen LogP contribution is 2.78. The van der Waals surface area contributed by atoms with E-state index in [0.29, 0.717) is 71.4 Å². The molecule has 0 aromatic carbocycles. The lowest BCUT2D eigenvalue weighted by Crippen LogP contribution is -2.65. The predicted molar refractivity (Wildman–Crippen MR) is 233 cm³/mol. The fourth-order valence-corrected chi connectivity index (χ4v) is 13.1. The van der Waals surface area contributed by atoms with Crippen LogP contribution in [-0.4, -0.2) is 116 Å². The van der Waals surface area contributed by atoms with E-state index in [9.17, 15) is 18.0 Å². The number of nitrogens with one attached hydrogen (secondary N) is 4. The second kappa shape index (κ2) is 16.7. The van der Waals surface area contributed by atoms with Gasteiger partial charge in [-0.05, 0) is 78.9 Å². The van der Waals surface area contributed by atoms with E-state index >= 15 is 9.59 Å². The molecule has 7 atom stereocenters. The zero-order valence-corrected chi connectivity index (χ0v) is 37.8. The van der Waals surface area contributed by atoms with E-state index in [1.165, 1.54) is 6.42 Å². The average molecular weight is 855 g/mol. The third-order valence-corrected chi connectivity index (χ3v) is 17.8. The Labute approximate surface area is 359 Å². The SMILES string of the molecule is CCC[C@@H](C(=O)N[C@]1(C2(NS(=O)(=O)C3CC3)CO2)C[C@H]1CC)N(C[C@@H]1C(C)(C)C12CCC2)C(=O)[C@@H](NC(=O)C(CC1CCCCC1)NC(=O)N1CCOCC1)C(C)(C)C.[HH].[HH].[HH].[HH]. The molecule has 0 radical (unpaired) electrons. The Balaban J connectivity index is 0.00000264. The van der Waals surface area contributed by atoms with Crippen molar-refractivity contribution in [1.29, 1.82) is 0 Å². The second-order valence-corrected chi connectivity index (χ2v) is 22.9. The summed E-state index contributed by atoms with van der Waals surface area (Å²) in [6.07, 6.45) is 12.7. The molecular formula is C44H82N6O8S. The second-order valence-electron chi connectivity index (χ2n) is 21.0. The number of epoxide rings is 1. The lowest BCUT2D eigenvalue weighted by molar-refractivity contribution is -0.147. The summed E-state index contributed by atoms with van der Waals surface area (Å²) in [7, 11) is -3.62. The van der Waals surface area contributed by atoms with Crippen molar-refractivity contribution in [1.82, 2.24) is 30.5 Å². The first-order chi connectivity index (χ1) is 27.8. The molecule has 0 aromatic rings. The fraction of sp³-hybridized carbons (Fsp3) is 0.909. The van der Waals surface area contributed by atoms with Crippen molar-refractivity contribution in [2.75, 3.05) is 39.5 Å². The summed E-state index contributed by atoms with van der Waals surface area (Å²) in [5.74, 6) is -0.529. The van der Waals surface area contributed by atoms with E-state index in [4.69, 9.17) is 9.47 Å². The zero-order chi connectivity index (χ0) is 42.6. The van der Waals surface area contributed by atoms with E-state index in [-0.39, 0.29) is 64.6 Å². The number of rotatable bonds is 18. The number of hydrogen-bond donors (Lipinski definition) is 4. The third-order valence-electron chi connectivity index (χ3n) is 15.9. The first-order valence-corrected chi connectivity index (χ1v) is 24.6. The Hall–Kier alpha value is -2.49. The number of carbonyl (C=O) groups is 4. The molecule has 7 fully saturated rings. The predicted octanol–water partition coefficient (Wildman–Crippen LogP) is 5.80. The first-order valence-electron chi connectivity index (χ1n) is 23.1. The molecule has 2 heterocycles. The summed E-state index contributed by atoms with van der Waals surface area (Å²) in [6.45, 7) is 16.7. The van der Waals surface area contributed by atoms with Gasteiger partial charge in [0.05, 0.1) is 30.6 Å². The van der Waals surface area contributed by atoms with Crippen molar-refractivity contribution in [2.24, 2.45) is 34.0 Å². The van der Waals surface area contributed by atoms with Crippen LogP contribution >= 0.6 is 0 Å². The molecule has 342 valence electrons. The smallest absolute Gasteiger partial charge is 0.318 e. The Morgan fingerprint density at radius 3 is 2.10 bits per heavy atom. The topological polar surface area (TPSA) is 179 Å². The van der Waals surface area contributed by atoms with Crippen molar-refractivity contribution in [2.45, 2.75) is 179 Å². The minimum atomic E-state index is -3.62. The van der Waals surface area contributed by atoms with Gasteiger partial charge in [-0.1, -0.05) is 99.8 Å². The molecular weight excluding hydrogens is 773 g/mol. The van der Waals surface area contributed by atoms with Gasteiger partial charge >= 0.3 is 6.03 Å². The minimum absolute atomic E-state index is 0. The average Bonchev–Trinajstić information content (AvgIpc) is 4.00. The Kier molecular flexibility index (Phi) is 12.6. The van der Waals surface area contributed by atoms with Crippen molar-refractivity contribution in [3.63, 3.8) is 0 Å². The van der Waals surface area contributed by atoms with Gasteiger partial charge in [0.2, 0.25) is 27.7 Å². The largest absolute Gasteiger partial charge is 0.378 e. The zero-order valence-electron chi connectivity index (χ0n) is 37.0. The number of carbonyl (C=O) groups excluding carboxylic acids is 4. The molecule has 15 heteroatoms. The van der Waals surface area contributed by atoms with Gasteiger partial charge in [0.1, 0.15) is 18.1 Å². The van der Waals surface area contributed by atoms with Crippen molar-refractivity contribution >= 4 is 33.8 Å². The monoisotopic (exact) mass is 855 g/mol. The van der Waals surface area contributed by atoms with E-state index < -0.39 is 50.1 Å². The van der Waals surface area contributed by atoms with Crippen LogP contribution < -0.4 is 20.7 Å². The van der Waals surface area contributed by atoms with Crippen LogP contribution in [0.2, 0.25) is 0 Å². The van der Waals surface area contributed by atoms with Crippen LogP contribution in [0, 0.1) is 34.0 Å². The molecule has 5 amide bonds. The van der Waals surface area contributed by atoms with Crippen LogP contribution in [-0.2, 0) is 33.9 Å². The third kappa shape index (κ3) is 8.78. The normalized spacial score (nSPS) is 31.3. The molecule has 2 saturated heterocycles. The quantitative estimate of drug-likeness (QED) is 0.125. The van der Waals surface area contributed by atoms with Crippen LogP contribution in [0.1, 0.15) is 150 Å². The molecule has 7 rings (SSSR count). The minimum Gasteiger partial charge on any atom is -0.378 e. The fourth-order valence-electron chi connectivity index (χ4n) is 11.4. The summed E-state index contributed by atoms with van der Waals surface area (Å²) in [5.41, 5.74) is -2.76. The lowest BCUT2D eigenvalue weighted by atomic mass is 9.75. The summed E-state index contributed by atoms with van der Waals surface area (Å²) >= 11 is 0. The molecule has 2 aliphatic heterocycles. The van der Waals surface area contributed by atoms with Crippen LogP contribution in [0.25, 0.3) is 0 Å². The number of morpholine rings is 1. The highest BCUT2D eigenvalue weighted by Gasteiger charge is 2.76. The number of nitrogens with zero attached hydrogens (tertiary/aromatic N) is 2. The molecule has 2 unspecified atom stereocenters. The standard InChI is InChI=1S/C44H74N6O8S.4H2/c1-8-14-33(37(52)47-43(26-30(43)9-2)44(28-58-44)48-59(55,56)31-17-18-31)50(27-34-41(6,7)42(34)19-13-20-42)38(53)35(40(3,4)5)46-36(51)32(25-29-15-11-10-12-16-29)45-39(54)49-21-23-57-24-22-49;;;;/h29-35,48H,8-28H2,1-7H3,(H,45,54)(H,46,51)(H,47,52);4*1H/t30-,32?,33+,34-,35-,43-,44?;;;;/m1..../s1. The Morgan fingerprint density at radius 2 is 1.59 bits per heavy atom. The number of hydrogen-bond acceptors (Lipinski definition) is 8. The van der Waals surface area contributed by atoms with Gasteiger partial charge < -0.3 is 35.2 Å². The molecule has 14 nitrogen and oxygen atoms in total. The molecule has 1 spiro atoms. The maximum Gasteiger partial charge on any atom is 0.318 e. The Morgan fingerprint density at radius 1 is 0.932 bits per heavy atom. The maximum absolute atomic E-state index is 15.5. The maximum atomic E-state index is 15.5. The van der Waals surface area contributed by atoms with Gasteiger partial charge in [0, 0.05) is 25.3 Å². The van der Waals surface area contributed by atoms with Gasteiger partial charge in [0.15, 0.2) is 5.72 Å². The highest BCUT2D eigenvalue weighted by molar-refractivity contribution is 7.90. The van der Waals surface area contributed by atoms with Crippen LogP contribution in [0.5, 0.6) is 0 Å². The molecule has 5 aliphatic carbocycles. The summed E-state index contributed by atoms with van der Waals surface area (Å²) in [5, 5.41) is 9.13. The summed E-state index contributed by atoms with van der Waals surface area (Å²) in [4.78, 5) is 62.1. The lowest BCUT2D eigenvalue weighted by Gasteiger charge is -2.40. The molecule has 0 aromatic heterocycles. The molecule has 7 aliphatic rings. The van der Waals surface area contributed by atoms with Gasteiger partial charge in [0.25, 0.3) is 0 Å². The van der Waals surface area contributed by atoms with E-state index in [2.05, 4.69) is 34.5 Å². The molecule has 5 saturated carbocycles. The number of sulfonamides is 1. The summed E-state index contributed by atoms with van der Waals surface area (Å²) < 4.78 is 40.8. The van der Waals surface area contributed by atoms with E-state index in [0.717, 1.165) is 51.4 Å². The molecule has 4 N–H and O–H groups in total. The highest BCUT2D eigenvalue weighted by atomic mass is 32.2. The number of ether oxygens (including phenoxy) is 2. The van der Waals surface area contributed by atoms with Gasteiger partial charge in [-0.2, -0.15) is 4.72 Å². The summed E-state index contributed by atoms with van der Waals surface area (Å²) in [6, 6.07) is -2.98. The van der Waals surface area contributed by atoms with Crippen molar-refractivity contribution in [3.05, 3.63) is 0 Å². The molecule has 0 bridgehead atoms. The number of amides is 5. The van der Waals surface area contributed by atoms with Crippen LogP contribution in [0.15, 0.2) is 0 Å². The van der Waals surface area contributed by atoms with Gasteiger partial charge in [-0.15, -0.1) is 0 Å².